The molecule has 71 heavy (non-hydrogen) atoms. The second kappa shape index (κ2) is 22.8. The molecule has 4 aliphatic rings. The predicted octanol–water partition coefficient (Wildman–Crippen LogP) is 10.6. The van der Waals surface area contributed by atoms with E-state index in [4.69, 9.17) is 0 Å². The van der Waals surface area contributed by atoms with Gasteiger partial charge >= 0.3 is 0 Å². The van der Waals surface area contributed by atoms with E-state index in [9.17, 15) is 8.42 Å². The van der Waals surface area contributed by atoms with Gasteiger partial charge in [-0.2, -0.15) is 0 Å². The number of aryl methyl sites for hydroxylation is 1. The average molecular weight is 1070 g/mol. The molecule has 7 aromatic rings. The minimum absolute atomic E-state index is 0.240. The van der Waals surface area contributed by atoms with E-state index in [1.165, 1.54) is 41.8 Å². The molecule has 0 radical (unpaired) electrons. The number of aromatic nitrogens is 4. The number of benzene rings is 5. The van der Waals surface area contributed by atoms with E-state index < -0.39 is 9.84 Å². The Morgan fingerprint density at radius 3 is 1.56 bits per heavy atom. The zero-order valence-electron chi connectivity index (χ0n) is 40.6. The minimum atomic E-state index is -3.43. The van der Waals surface area contributed by atoms with Crippen LogP contribution in [0.15, 0.2) is 175 Å². The lowest BCUT2D eigenvalue weighted by Crippen LogP contribution is -2.45. The van der Waals surface area contributed by atoms with Gasteiger partial charge in [-0.25, -0.2) is 28.4 Å². The normalized spacial score (nSPS) is 15.7. The molecule has 2 saturated heterocycles. The molecule has 0 spiro atoms. The van der Waals surface area contributed by atoms with Crippen molar-refractivity contribution in [2.45, 2.75) is 51.2 Å². The number of rotatable bonds is 8. The number of halogens is 1. The molecule has 11 nitrogen and oxygen atoms in total. The quantitative estimate of drug-likeness (QED) is 0.135. The van der Waals surface area contributed by atoms with E-state index >= 15 is 0 Å². The molecule has 2 fully saturated rings. The van der Waals surface area contributed by atoms with E-state index in [2.05, 4.69) is 160 Å². The van der Waals surface area contributed by atoms with Crippen molar-refractivity contribution in [1.82, 2.24) is 29.7 Å². The molecule has 0 aliphatic carbocycles. The summed E-state index contributed by atoms with van der Waals surface area (Å²) in [5.74, 6) is 1.41. The first-order chi connectivity index (χ1) is 34.3. The standard InChI is InChI=1S/C24H24N4S.C23H21NO2S2.C9H13BrN4/c1-17(21-15-25-24(26-16-21)28-11-9-27(2)10-12-28)18-7-8-23-20(13-18)14-19-5-3-4-6-22(19)29-23;1-16-7-10-21(11-8-16)28(25,26)15-24-17(2)18-9-12-23-20(13-18)14-19-5-3-4-6-22(19)27-23;1-13-2-4-14(5-3-13)9-11-6-8(10)7-12-9/h3-8,13,15-16H,1,9-12,14H2,2H3;3-13H,14-15H2,1-2H3;6-7H,2-5H2,1H3. The van der Waals surface area contributed by atoms with Gasteiger partial charge < -0.3 is 19.6 Å². The van der Waals surface area contributed by atoms with Gasteiger partial charge in [0.15, 0.2) is 9.84 Å². The molecule has 0 atom stereocenters. The highest BCUT2D eigenvalue weighted by atomic mass is 79.9. The van der Waals surface area contributed by atoms with Gasteiger partial charge in [0.05, 0.1) is 9.37 Å². The van der Waals surface area contributed by atoms with Crippen molar-refractivity contribution in [2.75, 3.05) is 82.1 Å². The number of anilines is 2. The van der Waals surface area contributed by atoms with Crippen LogP contribution in [0.2, 0.25) is 0 Å². The second-order valence-corrected chi connectivity index (χ2v) is 23.3. The van der Waals surface area contributed by atoms with E-state index in [-0.39, 0.29) is 5.88 Å². The van der Waals surface area contributed by atoms with Crippen LogP contribution >= 0.6 is 39.5 Å². The molecule has 15 heteroatoms. The van der Waals surface area contributed by atoms with E-state index in [1.54, 1.807) is 36.3 Å². The number of aliphatic imine (C=N–C) groups is 1. The number of hydrogen-bond donors (Lipinski definition) is 0. The third-order valence-electron chi connectivity index (χ3n) is 13.1. The highest BCUT2D eigenvalue weighted by molar-refractivity contribution is 9.10. The van der Waals surface area contributed by atoms with Gasteiger partial charge in [-0.05, 0) is 144 Å². The van der Waals surface area contributed by atoms with Crippen LogP contribution in [0, 0.1) is 6.92 Å². The van der Waals surface area contributed by atoms with Gasteiger partial charge in [0.25, 0.3) is 0 Å². The van der Waals surface area contributed by atoms with Crippen LogP contribution in [0.3, 0.4) is 0 Å². The van der Waals surface area contributed by atoms with Gasteiger partial charge in [0.1, 0.15) is 5.88 Å². The predicted molar refractivity (Wildman–Crippen MR) is 294 cm³/mol. The summed E-state index contributed by atoms with van der Waals surface area (Å²) in [5.41, 5.74) is 11.2. The Labute approximate surface area is 435 Å². The Kier molecular flexibility index (Phi) is 16.2. The first-order valence-corrected chi connectivity index (χ1v) is 27.9. The number of nitrogens with zero attached hydrogens (tertiary/aromatic N) is 9. The van der Waals surface area contributed by atoms with E-state index in [0.29, 0.717) is 4.90 Å². The van der Waals surface area contributed by atoms with Crippen molar-refractivity contribution in [3.05, 3.63) is 190 Å². The summed E-state index contributed by atoms with van der Waals surface area (Å²) in [7, 11) is 0.863. The third-order valence-corrected chi connectivity index (χ3v) is 17.4. The summed E-state index contributed by atoms with van der Waals surface area (Å²) in [5, 5.41) is 0. The molecule has 0 saturated carbocycles. The number of likely N-dealkylation sites (N-methyl/N-ethyl adjacent to an activating group) is 2. The zero-order valence-corrected chi connectivity index (χ0v) is 44.7. The van der Waals surface area contributed by atoms with Crippen LogP contribution in [0.1, 0.15) is 51.4 Å². The first kappa shape index (κ1) is 50.3. The molecule has 0 unspecified atom stereocenters. The zero-order chi connectivity index (χ0) is 49.5. The molecule has 11 rings (SSSR count). The van der Waals surface area contributed by atoms with Gasteiger partial charge in [-0.1, -0.05) is 96.3 Å². The smallest absolute Gasteiger partial charge is 0.225 e. The maximum atomic E-state index is 12.5. The molecule has 0 amide bonds. The fraction of sp³-hybridized carbons (Fsp3) is 0.268. The molecule has 4 aliphatic heterocycles. The average Bonchev–Trinajstić information content (AvgIpc) is 3.40. The number of fused-ring (bicyclic) bond motifs is 4. The number of sulfone groups is 1. The Morgan fingerprint density at radius 1 is 0.592 bits per heavy atom. The van der Waals surface area contributed by atoms with Crippen LogP contribution in [-0.4, -0.2) is 116 Å². The summed E-state index contributed by atoms with van der Waals surface area (Å²) in [6, 6.07) is 36.9. The summed E-state index contributed by atoms with van der Waals surface area (Å²) in [6.45, 7) is 16.4. The van der Waals surface area contributed by atoms with Crippen molar-refractivity contribution in [3.8, 4) is 0 Å². The monoisotopic (exact) mass is 1060 g/mol. The Balaban J connectivity index is 0.000000140. The number of piperazine rings is 2. The third kappa shape index (κ3) is 12.7. The topological polar surface area (TPSA) is 111 Å². The lowest BCUT2D eigenvalue weighted by molar-refractivity contribution is 0.311. The van der Waals surface area contributed by atoms with Crippen molar-refractivity contribution in [1.29, 1.82) is 0 Å². The van der Waals surface area contributed by atoms with Crippen LogP contribution in [0.5, 0.6) is 0 Å². The van der Waals surface area contributed by atoms with Crippen LogP contribution in [0.4, 0.5) is 11.9 Å². The summed E-state index contributed by atoms with van der Waals surface area (Å²) < 4.78 is 26.0. The first-order valence-electron chi connectivity index (χ1n) is 23.8. The summed E-state index contributed by atoms with van der Waals surface area (Å²) in [4.78, 5) is 36.9. The van der Waals surface area contributed by atoms with Gasteiger partial charge in [0.2, 0.25) is 11.9 Å². The van der Waals surface area contributed by atoms with E-state index in [0.717, 1.165) is 115 Å². The Bertz CT molecular complexity index is 3140. The largest absolute Gasteiger partial charge is 0.338 e. The van der Waals surface area contributed by atoms with Crippen molar-refractivity contribution in [2.24, 2.45) is 4.99 Å². The lowest BCUT2D eigenvalue weighted by Gasteiger charge is -2.32. The van der Waals surface area contributed by atoms with Crippen LogP contribution in [0.25, 0.3) is 5.57 Å². The van der Waals surface area contributed by atoms with Crippen molar-refractivity contribution >= 4 is 72.5 Å². The van der Waals surface area contributed by atoms with Crippen molar-refractivity contribution in [3.63, 3.8) is 0 Å². The van der Waals surface area contributed by atoms with E-state index in [1.807, 2.05) is 56.2 Å². The molecule has 364 valence electrons. The fourth-order valence-electron chi connectivity index (χ4n) is 8.58. The van der Waals surface area contributed by atoms with Gasteiger partial charge in [-0.3, -0.25) is 4.99 Å². The van der Waals surface area contributed by atoms with Crippen LogP contribution in [-0.2, 0) is 22.7 Å². The second-order valence-electron chi connectivity index (χ2n) is 18.3. The molecule has 0 N–H and O–H groups in total. The SMILES string of the molecule is C=C(c1cnc(N2CCN(C)CC2)nc1)c1ccc2c(c1)Cc1ccccc1S2.CC(=NCS(=O)(=O)c1ccc(C)cc1)c1ccc2c(c1)Cc1ccccc1S2.CN1CCN(c2ncc(Br)cn2)CC1. The minimum Gasteiger partial charge on any atom is -0.338 e. The highest BCUT2D eigenvalue weighted by Crippen LogP contribution is 2.41. The van der Waals surface area contributed by atoms with Crippen molar-refractivity contribution < 1.29 is 8.42 Å². The summed E-state index contributed by atoms with van der Waals surface area (Å²) >= 11 is 6.96. The van der Waals surface area contributed by atoms with Gasteiger partial charge in [-0.15, -0.1) is 0 Å². The maximum absolute atomic E-state index is 12.5. The lowest BCUT2D eigenvalue weighted by atomic mass is 9.97. The summed E-state index contributed by atoms with van der Waals surface area (Å²) in [6.07, 6.45) is 9.26. The molecule has 0 bridgehead atoms. The molecular formula is C56H58BrN9O2S3. The molecule has 5 aromatic carbocycles. The molecular weight excluding hydrogens is 1010 g/mol. The fourth-order valence-corrected chi connectivity index (χ4v) is 11.9. The Morgan fingerprint density at radius 2 is 1.04 bits per heavy atom. The number of hydrogen-bond acceptors (Lipinski definition) is 13. The Hall–Kier alpha value is -5.68. The molecule has 6 heterocycles. The van der Waals surface area contributed by atoms with Crippen LogP contribution < -0.4 is 9.80 Å². The molecule has 2 aromatic heterocycles. The maximum Gasteiger partial charge on any atom is 0.225 e. The van der Waals surface area contributed by atoms with Gasteiger partial charge in [0, 0.05) is 108 Å². The highest BCUT2D eigenvalue weighted by Gasteiger charge is 2.21.